The molecule has 1 spiro atoms. The maximum absolute atomic E-state index is 9.98. The van der Waals surface area contributed by atoms with Crippen LogP contribution in [0.25, 0.3) is 0 Å². The van der Waals surface area contributed by atoms with Gasteiger partial charge in [-0.1, -0.05) is 27.7 Å². The number of hydrogen-bond acceptors (Lipinski definition) is 2. The summed E-state index contributed by atoms with van der Waals surface area (Å²) in [5.74, 6) is 0. The van der Waals surface area contributed by atoms with Gasteiger partial charge in [0, 0.05) is 18.5 Å². The lowest BCUT2D eigenvalue weighted by molar-refractivity contribution is -0.299. The molecule has 1 saturated carbocycles. The van der Waals surface area contributed by atoms with Gasteiger partial charge in [-0.05, 0) is 10.8 Å². The number of hydrogen-bond donors (Lipinski definition) is 2. The van der Waals surface area contributed by atoms with E-state index in [1.807, 2.05) is 0 Å². The predicted octanol–water partition coefficient (Wildman–Crippen LogP) is 1.00. The van der Waals surface area contributed by atoms with Crippen LogP contribution in [0.4, 0.5) is 0 Å². The Hall–Kier alpha value is -0.0800. The molecule has 1 aliphatic carbocycles. The highest BCUT2D eigenvalue weighted by Gasteiger charge is 2.73. The molecule has 2 heteroatoms. The van der Waals surface area contributed by atoms with Crippen molar-refractivity contribution < 1.29 is 5.11 Å². The molecule has 0 radical (unpaired) electrons. The molecule has 1 heterocycles. The molecular weight excluding hydrogens is 150 g/mol. The summed E-state index contributed by atoms with van der Waals surface area (Å²) in [6.45, 7) is 10.9. The van der Waals surface area contributed by atoms with E-state index >= 15 is 0 Å². The Bertz CT molecular complexity index is 198. The van der Waals surface area contributed by atoms with Gasteiger partial charge in [-0.3, -0.25) is 0 Å². The second-order valence-electron chi connectivity index (χ2n) is 5.53. The Kier molecular flexibility index (Phi) is 1.33. The molecule has 0 aromatic carbocycles. The van der Waals surface area contributed by atoms with Gasteiger partial charge in [0.2, 0.25) is 0 Å². The molecule has 1 saturated heterocycles. The van der Waals surface area contributed by atoms with E-state index in [0.717, 1.165) is 13.1 Å². The van der Waals surface area contributed by atoms with Crippen molar-refractivity contribution in [2.45, 2.75) is 33.8 Å². The van der Waals surface area contributed by atoms with Crippen LogP contribution in [0.2, 0.25) is 0 Å². The van der Waals surface area contributed by atoms with Crippen molar-refractivity contribution in [1.82, 2.24) is 5.32 Å². The van der Waals surface area contributed by atoms with Crippen LogP contribution < -0.4 is 5.32 Å². The maximum atomic E-state index is 9.98. The third-order valence-corrected chi connectivity index (χ3v) is 4.69. The van der Waals surface area contributed by atoms with Crippen LogP contribution in [0.3, 0.4) is 0 Å². The second-order valence-corrected chi connectivity index (χ2v) is 5.53. The third kappa shape index (κ3) is 0.549. The summed E-state index contributed by atoms with van der Waals surface area (Å²) in [7, 11) is 0. The van der Waals surface area contributed by atoms with Gasteiger partial charge in [-0.25, -0.2) is 0 Å². The van der Waals surface area contributed by atoms with Gasteiger partial charge in [-0.15, -0.1) is 0 Å². The summed E-state index contributed by atoms with van der Waals surface area (Å²) in [6.07, 6.45) is -0.146. The van der Waals surface area contributed by atoms with Crippen LogP contribution in [-0.4, -0.2) is 24.3 Å². The molecule has 0 unspecified atom stereocenters. The first kappa shape index (κ1) is 8.52. The summed E-state index contributed by atoms with van der Waals surface area (Å²) in [6, 6.07) is 0. The van der Waals surface area contributed by atoms with Gasteiger partial charge in [0.15, 0.2) is 0 Å². The van der Waals surface area contributed by atoms with E-state index in [-0.39, 0.29) is 16.9 Å². The fourth-order valence-electron chi connectivity index (χ4n) is 3.46. The van der Waals surface area contributed by atoms with Crippen LogP contribution in [0.1, 0.15) is 27.7 Å². The second kappa shape index (κ2) is 1.88. The minimum absolute atomic E-state index is 0.0990. The van der Waals surface area contributed by atoms with Gasteiger partial charge in [0.25, 0.3) is 0 Å². The van der Waals surface area contributed by atoms with Gasteiger partial charge >= 0.3 is 0 Å². The lowest BCUT2D eigenvalue weighted by atomic mass is 9.34. The minimum Gasteiger partial charge on any atom is -0.392 e. The first-order chi connectivity index (χ1) is 5.36. The van der Waals surface area contributed by atoms with Crippen LogP contribution in [0.5, 0.6) is 0 Å². The summed E-state index contributed by atoms with van der Waals surface area (Å²) in [5, 5.41) is 13.3. The predicted molar refractivity (Wildman–Crippen MR) is 48.9 cm³/mol. The average molecular weight is 169 g/mol. The SMILES string of the molecule is CC1(C)C(O)C(C)(C)C12CNC2. The van der Waals surface area contributed by atoms with E-state index in [1.165, 1.54) is 0 Å². The van der Waals surface area contributed by atoms with E-state index in [4.69, 9.17) is 0 Å². The standard InChI is InChI=1S/C10H19NO/c1-8(2)7(12)9(3,4)10(8)5-11-6-10/h7,11-12H,5-6H2,1-4H3. The van der Waals surface area contributed by atoms with Crippen molar-refractivity contribution in [3.8, 4) is 0 Å². The molecule has 2 aliphatic rings. The molecule has 0 aromatic rings. The fraction of sp³-hybridized carbons (Fsp3) is 1.00. The van der Waals surface area contributed by atoms with E-state index in [0.29, 0.717) is 5.41 Å². The Morgan fingerprint density at radius 2 is 1.50 bits per heavy atom. The van der Waals surface area contributed by atoms with Gasteiger partial charge in [0.1, 0.15) is 0 Å². The van der Waals surface area contributed by atoms with Gasteiger partial charge in [-0.2, -0.15) is 0 Å². The molecule has 0 bridgehead atoms. The molecule has 2 N–H and O–H groups in total. The van der Waals surface area contributed by atoms with Crippen molar-refractivity contribution in [3.05, 3.63) is 0 Å². The molecule has 2 nitrogen and oxygen atoms in total. The Labute approximate surface area is 74.4 Å². The molecule has 0 aromatic heterocycles. The Morgan fingerprint density at radius 3 is 1.67 bits per heavy atom. The van der Waals surface area contributed by atoms with Crippen LogP contribution in [0.15, 0.2) is 0 Å². The topological polar surface area (TPSA) is 32.3 Å². The van der Waals surface area contributed by atoms with E-state index < -0.39 is 0 Å². The summed E-state index contributed by atoms with van der Waals surface area (Å²) in [4.78, 5) is 0. The quantitative estimate of drug-likeness (QED) is 0.567. The third-order valence-electron chi connectivity index (χ3n) is 4.69. The Morgan fingerprint density at radius 1 is 1.08 bits per heavy atom. The summed E-state index contributed by atoms with van der Waals surface area (Å²) >= 11 is 0. The molecule has 0 atom stereocenters. The van der Waals surface area contributed by atoms with Crippen molar-refractivity contribution in [1.29, 1.82) is 0 Å². The van der Waals surface area contributed by atoms with Crippen molar-refractivity contribution in [3.63, 3.8) is 0 Å². The highest BCUT2D eigenvalue weighted by Crippen LogP contribution is 2.69. The van der Waals surface area contributed by atoms with E-state index in [1.54, 1.807) is 0 Å². The highest BCUT2D eigenvalue weighted by atomic mass is 16.3. The van der Waals surface area contributed by atoms with Crippen molar-refractivity contribution >= 4 is 0 Å². The summed E-state index contributed by atoms with van der Waals surface area (Å²) < 4.78 is 0. The van der Waals surface area contributed by atoms with Crippen LogP contribution in [0, 0.1) is 16.2 Å². The molecule has 2 fully saturated rings. The largest absolute Gasteiger partial charge is 0.392 e. The normalized spacial score (nSPS) is 35.8. The van der Waals surface area contributed by atoms with Crippen LogP contribution >= 0.6 is 0 Å². The smallest absolute Gasteiger partial charge is 0.0654 e. The summed E-state index contributed by atoms with van der Waals surface area (Å²) in [5.41, 5.74) is 0.545. The lowest BCUT2D eigenvalue weighted by Gasteiger charge is -2.74. The molecule has 1 aliphatic heterocycles. The zero-order valence-corrected chi connectivity index (χ0v) is 8.44. The van der Waals surface area contributed by atoms with E-state index in [9.17, 15) is 5.11 Å². The minimum atomic E-state index is -0.146. The first-order valence-electron chi connectivity index (χ1n) is 4.75. The highest BCUT2D eigenvalue weighted by molar-refractivity contribution is 5.23. The maximum Gasteiger partial charge on any atom is 0.0654 e. The molecule has 2 rings (SSSR count). The molecular formula is C10H19NO. The number of aliphatic hydroxyl groups excluding tert-OH is 1. The van der Waals surface area contributed by atoms with E-state index in [2.05, 4.69) is 33.0 Å². The fourth-order valence-corrected chi connectivity index (χ4v) is 3.46. The van der Waals surface area contributed by atoms with Crippen molar-refractivity contribution in [2.75, 3.05) is 13.1 Å². The molecule has 70 valence electrons. The zero-order valence-electron chi connectivity index (χ0n) is 8.44. The molecule has 12 heavy (non-hydrogen) atoms. The van der Waals surface area contributed by atoms with Crippen LogP contribution in [-0.2, 0) is 0 Å². The average Bonchev–Trinajstić information content (AvgIpc) is 1.81. The Balaban J connectivity index is 2.33. The molecule has 0 amide bonds. The lowest BCUT2D eigenvalue weighted by Crippen LogP contribution is -2.81. The van der Waals surface area contributed by atoms with Crippen molar-refractivity contribution in [2.24, 2.45) is 16.2 Å². The first-order valence-corrected chi connectivity index (χ1v) is 4.75. The van der Waals surface area contributed by atoms with Gasteiger partial charge in [0.05, 0.1) is 6.10 Å². The van der Waals surface area contributed by atoms with Gasteiger partial charge < -0.3 is 10.4 Å². The number of rotatable bonds is 0. The zero-order chi connectivity index (χ0) is 9.20. The number of nitrogens with one attached hydrogen (secondary N) is 1. The number of aliphatic hydroxyl groups is 1. The monoisotopic (exact) mass is 169 g/mol.